The third-order valence-electron chi connectivity index (χ3n) is 2.77. The predicted octanol–water partition coefficient (Wildman–Crippen LogP) is 0.428. The van der Waals surface area contributed by atoms with Gasteiger partial charge in [-0.2, -0.15) is 0 Å². The standard InChI is InChI=1S/C10H17N5OS/c1-2-7(9(12)16)17-10-14-13-8(5-11)15(10)6-3-4-6/h6-7H,2-5,11H2,1H3,(H2,12,16). The van der Waals surface area contributed by atoms with Crippen LogP contribution in [0.4, 0.5) is 0 Å². The molecule has 94 valence electrons. The van der Waals surface area contributed by atoms with Crippen LogP contribution in [0, 0.1) is 0 Å². The van der Waals surface area contributed by atoms with Crippen molar-refractivity contribution in [3.8, 4) is 0 Å². The number of carbonyl (C=O) groups excluding carboxylic acids is 1. The Kier molecular flexibility index (Phi) is 3.68. The first-order valence-corrected chi connectivity index (χ1v) is 6.65. The first kappa shape index (κ1) is 12.4. The Hall–Kier alpha value is -1.08. The molecule has 6 nitrogen and oxygen atoms in total. The molecule has 1 amide bonds. The first-order chi connectivity index (χ1) is 8.17. The molecule has 1 aliphatic rings. The number of carbonyl (C=O) groups is 1. The van der Waals surface area contributed by atoms with E-state index < -0.39 is 0 Å². The summed E-state index contributed by atoms with van der Waals surface area (Å²) in [6.07, 6.45) is 2.95. The highest BCUT2D eigenvalue weighted by Crippen LogP contribution is 2.39. The first-order valence-electron chi connectivity index (χ1n) is 5.77. The summed E-state index contributed by atoms with van der Waals surface area (Å²) in [7, 11) is 0. The molecule has 1 aliphatic carbocycles. The van der Waals surface area contributed by atoms with Gasteiger partial charge in [-0.1, -0.05) is 18.7 Å². The van der Waals surface area contributed by atoms with Gasteiger partial charge >= 0.3 is 0 Å². The molecule has 1 unspecified atom stereocenters. The highest BCUT2D eigenvalue weighted by Gasteiger charge is 2.30. The number of hydrogen-bond acceptors (Lipinski definition) is 5. The van der Waals surface area contributed by atoms with Gasteiger partial charge in [0.2, 0.25) is 5.91 Å². The van der Waals surface area contributed by atoms with Gasteiger partial charge < -0.3 is 16.0 Å². The van der Waals surface area contributed by atoms with Crippen LogP contribution in [-0.2, 0) is 11.3 Å². The summed E-state index contributed by atoms with van der Waals surface area (Å²) < 4.78 is 2.05. The zero-order valence-corrected chi connectivity index (χ0v) is 10.6. The van der Waals surface area contributed by atoms with Crippen molar-refractivity contribution in [2.75, 3.05) is 0 Å². The predicted molar refractivity (Wildman–Crippen MR) is 65.3 cm³/mol. The topological polar surface area (TPSA) is 99.8 Å². The van der Waals surface area contributed by atoms with Crippen molar-refractivity contribution < 1.29 is 4.79 Å². The fourth-order valence-corrected chi connectivity index (χ4v) is 2.69. The summed E-state index contributed by atoms with van der Waals surface area (Å²) in [6, 6.07) is 0.455. The molecule has 0 saturated heterocycles. The smallest absolute Gasteiger partial charge is 0.231 e. The van der Waals surface area contributed by atoms with Crippen LogP contribution in [0.2, 0.25) is 0 Å². The molecule has 0 aromatic carbocycles. The van der Waals surface area contributed by atoms with Crippen LogP contribution in [0.5, 0.6) is 0 Å². The fraction of sp³-hybridized carbons (Fsp3) is 0.700. The molecule has 0 aliphatic heterocycles. The number of thioether (sulfide) groups is 1. The summed E-state index contributed by atoms with van der Waals surface area (Å²) in [5.74, 6) is 0.478. The summed E-state index contributed by atoms with van der Waals surface area (Å²) in [6.45, 7) is 2.31. The van der Waals surface area contributed by atoms with Crippen molar-refractivity contribution in [2.45, 2.75) is 49.2 Å². The Balaban J connectivity index is 2.20. The molecule has 1 heterocycles. The van der Waals surface area contributed by atoms with Crippen LogP contribution < -0.4 is 11.5 Å². The van der Waals surface area contributed by atoms with Gasteiger partial charge in [-0.05, 0) is 19.3 Å². The highest BCUT2D eigenvalue weighted by molar-refractivity contribution is 8.00. The lowest BCUT2D eigenvalue weighted by molar-refractivity contribution is -0.117. The van der Waals surface area contributed by atoms with Crippen molar-refractivity contribution in [2.24, 2.45) is 11.5 Å². The van der Waals surface area contributed by atoms with E-state index in [1.54, 1.807) is 0 Å². The molecular formula is C10H17N5OS. The van der Waals surface area contributed by atoms with E-state index in [0.29, 0.717) is 19.0 Å². The molecular weight excluding hydrogens is 238 g/mol. The van der Waals surface area contributed by atoms with Crippen LogP contribution in [0.25, 0.3) is 0 Å². The van der Waals surface area contributed by atoms with Crippen molar-refractivity contribution in [3.05, 3.63) is 5.82 Å². The molecule has 1 atom stereocenters. The van der Waals surface area contributed by atoms with Gasteiger partial charge in [-0.25, -0.2) is 0 Å². The van der Waals surface area contributed by atoms with E-state index in [-0.39, 0.29) is 11.2 Å². The SMILES string of the molecule is CCC(Sc1nnc(CN)n1C1CC1)C(N)=O. The van der Waals surface area contributed by atoms with Gasteiger partial charge in [0.25, 0.3) is 0 Å². The molecule has 1 aromatic heterocycles. The number of rotatable bonds is 6. The van der Waals surface area contributed by atoms with Gasteiger partial charge in [0.1, 0.15) is 5.82 Å². The summed E-state index contributed by atoms with van der Waals surface area (Å²) in [5, 5.41) is 8.68. The van der Waals surface area contributed by atoms with Gasteiger partial charge in [-0.15, -0.1) is 10.2 Å². The van der Waals surface area contributed by atoms with E-state index in [1.807, 2.05) is 6.92 Å². The molecule has 7 heteroatoms. The second kappa shape index (κ2) is 5.05. The molecule has 1 saturated carbocycles. The largest absolute Gasteiger partial charge is 0.369 e. The van der Waals surface area contributed by atoms with E-state index >= 15 is 0 Å². The lowest BCUT2D eigenvalue weighted by Gasteiger charge is -2.11. The van der Waals surface area contributed by atoms with Crippen LogP contribution in [0.1, 0.15) is 38.1 Å². The van der Waals surface area contributed by atoms with Crippen LogP contribution in [0.15, 0.2) is 5.16 Å². The quantitative estimate of drug-likeness (QED) is 0.718. The van der Waals surface area contributed by atoms with Crippen molar-refractivity contribution in [1.29, 1.82) is 0 Å². The fourth-order valence-electron chi connectivity index (χ4n) is 1.70. The highest BCUT2D eigenvalue weighted by atomic mass is 32.2. The number of aromatic nitrogens is 3. The Labute approximate surface area is 104 Å². The second-order valence-corrected chi connectivity index (χ2v) is 5.29. The Morgan fingerprint density at radius 2 is 2.29 bits per heavy atom. The third kappa shape index (κ3) is 2.61. The molecule has 4 N–H and O–H groups in total. The molecule has 1 aromatic rings. The minimum absolute atomic E-state index is 0.248. The van der Waals surface area contributed by atoms with Gasteiger partial charge in [-0.3, -0.25) is 4.79 Å². The summed E-state index contributed by atoms with van der Waals surface area (Å²) >= 11 is 1.39. The normalized spacial score (nSPS) is 17.1. The second-order valence-electron chi connectivity index (χ2n) is 4.12. The van der Waals surface area contributed by atoms with Crippen LogP contribution in [-0.4, -0.2) is 25.9 Å². The van der Waals surface area contributed by atoms with Gasteiger partial charge in [0, 0.05) is 6.04 Å². The van der Waals surface area contributed by atoms with Gasteiger partial charge in [0.15, 0.2) is 5.16 Å². The van der Waals surface area contributed by atoms with Crippen LogP contribution in [0.3, 0.4) is 0 Å². The number of nitrogens with two attached hydrogens (primary N) is 2. The number of primary amides is 1. The molecule has 0 bridgehead atoms. The summed E-state index contributed by atoms with van der Waals surface area (Å²) in [4.78, 5) is 11.2. The third-order valence-corrected chi connectivity index (χ3v) is 4.10. The Morgan fingerprint density at radius 3 is 2.76 bits per heavy atom. The monoisotopic (exact) mass is 255 g/mol. The van der Waals surface area contributed by atoms with E-state index in [9.17, 15) is 4.79 Å². The van der Waals surface area contributed by atoms with Gasteiger partial charge in [0.05, 0.1) is 11.8 Å². The van der Waals surface area contributed by atoms with E-state index in [4.69, 9.17) is 11.5 Å². The molecule has 2 rings (SSSR count). The number of nitrogens with zero attached hydrogens (tertiary/aromatic N) is 3. The Bertz CT molecular complexity index is 415. The minimum atomic E-state index is -0.308. The molecule has 1 fully saturated rings. The lowest BCUT2D eigenvalue weighted by Crippen LogP contribution is -2.25. The van der Waals surface area contributed by atoms with E-state index in [2.05, 4.69) is 14.8 Å². The van der Waals surface area contributed by atoms with Crippen molar-refractivity contribution >= 4 is 17.7 Å². The van der Waals surface area contributed by atoms with Crippen molar-refractivity contribution in [3.63, 3.8) is 0 Å². The van der Waals surface area contributed by atoms with E-state index in [1.165, 1.54) is 11.8 Å². The average Bonchev–Trinajstić information content (AvgIpc) is 3.06. The average molecular weight is 255 g/mol. The summed E-state index contributed by atoms with van der Waals surface area (Å²) in [5.41, 5.74) is 11.0. The molecule has 0 spiro atoms. The van der Waals surface area contributed by atoms with Crippen LogP contribution >= 0.6 is 11.8 Å². The zero-order valence-electron chi connectivity index (χ0n) is 9.80. The molecule has 0 radical (unpaired) electrons. The minimum Gasteiger partial charge on any atom is -0.369 e. The molecule has 17 heavy (non-hydrogen) atoms. The van der Waals surface area contributed by atoms with Crippen molar-refractivity contribution in [1.82, 2.24) is 14.8 Å². The maximum Gasteiger partial charge on any atom is 0.231 e. The maximum absolute atomic E-state index is 11.2. The zero-order chi connectivity index (χ0) is 12.4. The van der Waals surface area contributed by atoms with E-state index in [0.717, 1.165) is 23.8 Å². The Morgan fingerprint density at radius 1 is 1.59 bits per heavy atom. The lowest BCUT2D eigenvalue weighted by atomic mass is 10.3. The number of amides is 1. The maximum atomic E-state index is 11.2. The number of hydrogen-bond donors (Lipinski definition) is 2.